The molecule has 0 fully saturated rings. The summed E-state index contributed by atoms with van der Waals surface area (Å²) in [5.41, 5.74) is 0. The van der Waals surface area contributed by atoms with Gasteiger partial charge in [-0.15, -0.1) is 0 Å². The molecule has 0 bridgehead atoms. The van der Waals surface area contributed by atoms with E-state index in [-0.39, 0.29) is 31.6 Å². The number of hydrogen-bond donors (Lipinski definition) is 0. The van der Waals surface area contributed by atoms with Crippen LogP contribution in [0.5, 0.6) is 0 Å². The highest BCUT2D eigenvalue weighted by atomic mass is 16.6. The Kier molecular flexibility index (Phi) is 53.6. The van der Waals surface area contributed by atoms with Gasteiger partial charge in [-0.1, -0.05) is 224 Å². The van der Waals surface area contributed by atoms with Crippen LogP contribution in [0.1, 0.15) is 213 Å². The maximum atomic E-state index is 12.8. The van der Waals surface area contributed by atoms with Crippen molar-refractivity contribution >= 4 is 17.9 Å². The zero-order valence-corrected chi connectivity index (χ0v) is 45.2. The summed E-state index contributed by atoms with van der Waals surface area (Å²) in [6.07, 6.45) is 83.9. The molecule has 1 unspecified atom stereocenters. The molecule has 0 radical (unpaired) electrons. The fraction of sp³-hybridized carbons (Fsp3) is 0.554. The molecule has 0 saturated carbocycles. The number of carbonyl (C=O) groups excluding carboxylic acids is 3. The first-order chi connectivity index (χ1) is 35.0. The lowest BCUT2D eigenvalue weighted by Crippen LogP contribution is -2.30. The molecule has 0 aliphatic heterocycles. The Morgan fingerprint density at radius 1 is 0.296 bits per heavy atom. The average molecular weight is 978 g/mol. The highest BCUT2D eigenvalue weighted by molar-refractivity contribution is 5.71. The first-order valence-corrected chi connectivity index (χ1v) is 28.0. The molecule has 0 aromatic rings. The van der Waals surface area contributed by atoms with E-state index < -0.39 is 12.1 Å². The second-order valence-electron chi connectivity index (χ2n) is 17.7. The zero-order chi connectivity index (χ0) is 51.4. The number of unbranched alkanes of at least 4 members (excludes halogenated alkanes) is 11. The van der Waals surface area contributed by atoms with Crippen molar-refractivity contribution in [1.82, 2.24) is 0 Å². The lowest BCUT2D eigenvalue weighted by atomic mass is 10.1. The van der Waals surface area contributed by atoms with Crippen molar-refractivity contribution in [2.75, 3.05) is 13.2 Å². The van der Waals surface area contributed by atoms with E-state index in [9.17, 15) is 14.4 Å². The molecule has 6 nitrogen and oxygen atoms in total. The lowest BCUT2D eigenvalue weighted by molar-refractivity contribution is -0.166. The van der Waals surface area contributed by atoms with Gasteiger partial charge in [0.15, 0.2) is 6.10 Å². The Morgan fingerprint density at radius 2 is 0.577 bits per heavy atom. The molecule has 0 aliphatic carbocycles. The summed E-state index contributed by atoms with van der Waals surface area (Å²) in [6, 6.07) is 0. The molecule has 0 aromatic heterocycles. The molecule has 0 aliphatic rings. The number of hydrogen-bond acceptors (Lipinski definition) is 6. The normalized spacial score (nSPS) is 13.3. The minimum Gasteiger partial charge on any atom is -0.462 e. The van der Waals surface area contributed by atoms with Gasteiger partial charge in [0.2, 0.25) is 0 Å². The summed E-state index contributed by atoms with van der Waals surface area (Å²) >= 11 is 0. The van der Waals surface area contributed by atoms with Crippen LogP contribution < -0.4 is 0 Å². The first kappa shape index (κ1) is 66.0. The fourth-order valence-electron chi connectivity index (χ4n) is 6.88. The molecule has 0 spiro atoms. The van der Waals surface area contributed by atoms with E-state index in [2.05, 4.69) is 167 Å². The van der Waals surface area contributed by atoms with Crippen LogP contribution in [-0.4, -0.2) is 37.2 Å². The van der Waals surface area contributed by atoms with Gasteiger partial charge in [0.05, 0.1) is 0 Å². The van der Waals surface area contributed by atoms with E-state index in [4.69, 9.17) is 14.2 Å². The van der Waals surface area contributed by atoms with Crippen molar-refractivity contribution in [2.24, 2.45) is 0 Å². The van der Waals surface area contributed by atoms with Crippen molar-refractivity contribution in [3.63, 3.8) is 0 Å². The van der Waals surface area contributed by atoms with E-state index in [1.54, 1.807) is 0 Å². The van der Waals surface area contributed by atoms with E-state index >= 15 is 0 Å². The third-order valence-electron chi connectivity index (χ3n) is 11.0. The average Bonchev–Trinajstić information content (AvgIpc) is 3.37. The van der Waals surface area contributed by atoms with Gasteiger partial charge in [-0.2, -0.15) is 0 Å². The van der Waals surface area contributed by atoms with Crippen molar-refractivity contribution in [2.45, 2.75) is 219 Å². The van der Waals surface area contributed by atoms with Crippen LogP contribution in [0.15, 0.2) is 158 Å². The zero-order valence-electron chi connectivity index (χ0n) is 45.2. The number of rotatable bonds is 48. The Balaban J connectivity index is 4.44. The molecule has 0 amide bonds. The second-order valence-corrected chi connectivity index (χ2v) is 17.7. The number of esters is 3. The molecule has 0 aromatic carbocycles. The molecule has 1 atom stereocenters. The monoisotopic (exact) mass is 977 g/mol. The summed E-state index contributed by atoms with van der Waals surface area (Å²) in [5.74, 6) is -1.05. The molecular weight excluding hydrogens is 877 g/mol. The van der Waals surface area contributed by atoms with E-state index in [0.29, 0.717) is 19.3 Å². The number of carbonyl (C=O) groups is 3. The van der Waals surface area contributed by atoms with Crippen molar-refractivity contribution in [3.8, 4) is 0 Å². The Bertz CT molecular complexity index is 1640. The SMILES string of the molecule is CC/C=C\C/C=C\C/C=C\C/C=C\C/C=C\C/C=C\C/C=C\CCCCCCCC(=O)OCC(COC(=O)CCCCCCC/C=C\C/C=C\CCC)OC(=O)CC/C=C\C/C=C\C/C=C\C/C=C\CC. The van der Waals surface area contributed by atoms with E-state index in [0.717, 1.165) is 161 Å². The van der Waals surface area contributed by atoms with Crippen LogP contribution >= 0.6 is 0 Å². The molecule has 0 heterocycles. The van der Waals surface area contributed by atoms with Crippen molar-refractivity contribution in [3.05, 3.63) is 158 Å². The largest absolute Gasteiger partial charge is 0.462 e. The Morgan fingerprint density at radius 3 is 0.915 bits per heavy atom. The standard InChI is InChI=1S/C65H100O6/c1-4-7-10-13-16-19-22-25-26-27-28-29-30-31-32-33-34-35-36-37-38-41-43-46-49-52-55-58-64(67)70-61-62(71-65(68)59-56-53-50-47-44-40-24-21-18-15-12-9-6-3)60-69-63(66)57-54-51-48-45-42-39-23-20-17-14-11-8-5-2/h7,9-12,14,16,18-21,23,25-26,28-29,31-32,34-35,37-38,40,44,50,53,62H,4-6,8,13,15,17,22,24,27,30,33,36,39,41-43,45-49,51-52,54-61H2,1-3H3/b10-7-,12-9-,14-11-,19-16-,21-18-,23-20-,26-25-,29-28-,32-31-,35-34-,38-37-,44-40-,53-50-. The smallest absolute Gasteiger partial charge is 0.306 e. The predicted octanol–water partition coefficient (Wildman–Crippen LogP) is 19.0. The van der Waals surface area contributed by atoms with Gasteiger partial charge in [-0.05, 0) is 128 Å². The summed E-state index contributed by atoms with van der Waals surface area (Å²) in [6.45, 7) is 6.23. The predicted molar refractivity (Wildman–Crippen MR) is 306 cm³/mol. The van der Waals surface area contributed by atoms with Crippen LogP contribution in [0.25, 0.3) is 0 Å². The number of allylic oxidation sites excluding steroid dienone is 26. The summed E-state index contributed by atoms with van der Waals surface area (Å²) in [7, 11) is 0. The van der Waals surface area contributed by atoms with Crippen molar-refractivity contribution in [1.29, 1.82) is 0 Å². The topological polar surface area (TPSA) is 78.9 Å². The minimum absolute atomic E-state index is 0.127. The van der Waals surface area contributed by atoms with Gasteiger partial charge in [0.25, 0.3) is 0 Å². The van der Waals surface area contributed by atoms with Crippen LogP contribution in [0.2, 0.25) is 0 Å². The van der Waals surface area contributed by atoms with Crippen LogP contribution in [0, 0.1) is 0 Å². The summed E-state index contributed by atoms with van der Waals surface area (Å²) in [5, 5.41) is 0. The first-order valence-electron chi connectivity index (χ1n) is 28.0. The van der Waals surface area contributed by atoms with Gasteiger partial charge in [-0.25, -0.2) is 0 Å². The third-order valence-corrected chi connectivity index (χ3v) is 11.0. The Hall–Kier alpha value is -4.97. The molecule has 0 rings (SSSR count). The minimum atomic E-state index is -0.838. The van der Waals surface area contributed by atoms with Crippen LogP contribution in [-0.2, 0) is 28.6 Å². The lowest BCUT2D eigenvalue weighted by Gasteiger charge is -2.18. The van der Waals surface area contributed by atoms with Crippen LogP contribution in [0.4, 0.5) is 0 Å². The maximum Gasteiger partial charge on any atom is 0.306 e. The molecule has 0 saturated heterocycles. The second kappa shape index (κ2) is 57.6. The quantitative estimate of drug-likeness (QED) is 0.0262. The van der Waals surface area contributed by atoms with Gasteiger partial charge in [-0.3, -0.25) is 14.4 Å². The van der Waals surface area contributed by atoms with E-state index in [1.165, 1.54) is 6.42 Å². The van der Waals surface area contributed by atoms with Crippen molar-refractivity contribution < 1.29 is 28.6 Å². The molecule has 6 heteroatoms. The fourth-order valence-corrected chi connectivity index (χ4v) is 6.88. The van der Waals surface area contributed by atoms with Gasteiger partial charge < -0.3 is 14.2 Å². The molecule has 0 N–H and O–H groups in total. The molecule has 396 valence electrons. The van der Waals surface area contributed by atoms with Gasteiger partial charge in [0, 0.05) is 19.3 Å². The maximum absolute atomic E-state index is 12.8. The molecular formula is C65H100O6. The van der Waals surface area contributed by atoms with Gasteiger partial charge >= 0.3 is 17.9 Å². The Labute approximate surface area is 435 Å². The van der Waals surface area contributed by atoms with Gasteiger partial charge in [0.1, 0.15) is 13.2 Å². The third kappa shape index (κ3) is 55.8. The highest BCUT2D eigenvalue weighted by Crippen LogP contribution is 2.12. The van der Waals surface area contributed by atoms with Crippen LogP contribution in [0.3, 0.4) is 0 Å². The van der Waals surface area contributed by atoms with E-state index in [1.807, 2.05) is 12.2 Å². The molecule has 71 heavy (non-hydrogen) atoms. The summed E-state index contributed by atoms with van der Waals surface area (Å²) < 4.78 is 16.7. The summed E-state index contributed by atoms with van der Waals surface area (Å²) in [4.78, 5) is 38.0. The number of ether oxygens (including phenoxy) is 3. The highest BCUT2D eigenvalue weighted by Gasteiger charge is 2.19.